The fourth-order valence-electron chi connectivity index (χ4n) is 3.48. The van der Waals surface area contributed by atoms with Crippen molar-refractivity contribution in [3.05, 3.63) is 29.2 Å². The Labute approximate surface area is 134 Å². The molecule has 1 aromatic carbocycles. The average Bonchev–Trinajstić information content (AvgIpc) is 2.71. The summed E-state index contributed by atoms with van der Waals surface area (Å²) in [6.45, 7) is 1.35. The molecular formula is C16H18FNO4S. The third kappa shape index (κ3) is 2.63. The van der Waals surface area contributed by atoms with E-state index in [1.54, 1.807) is 11.6 Å². The Morgan fingerprint density at radius 2 is 2.09 bits per heavy atom. The molecule has 0 unspecified atom stereocenters. The van der Waals surface area contributed by atoms with Crippen molar-refractivity contribution < 1.29 is 22.3 Å². The molecule has 0 saturated carbocycles. The van der Waals surface area contributed by atoms with E-state index in [0.29, 0.717) is 23.7 Å². The molecule has 2 aromatic rings. The molecule has 0 N–H and O–H groups in total. The lowest BCUT2D eigenvalue weighted by Gasteiger charge is -2.24. The van der Waals surface area contributed by atoms with E-state index in [9.17, 15) is 17.6 Å². The minimum atomic E-state index is -3.58. The van der Waals surface area contributed by atoms with Gasteiger partial charge in [0.15, 0.2) is 9.84 Å². The number of ether oxygens (including phenoxy) is 1. The molecule has 5 nitrogen and oxygen atoms in total. The molecule has 0 fully saturated rings. The van der Waals surface area contributed by atoms with Crippen molar-refractivity contribution >= 4 is 26.7 Å². The van der Waals surface area contributed by atoms with Crippen LogP contribution in [-0.4, -0.2) is 25.2 Å². The fourth-order valence-corrected chi connectivity index (χ4v) is 4.41. The highest BCUT2D eigenvalue weighted by molar-refractivity contribution is 7.91. The topological polar surface area (TPSA) is 65.4 Å². The normalized spacial score (nSPS) is 18.0. The van der Waals surface area contributed by atoms with Crippen LogP contribution in [0.25, 0.3) is 10.9 Å². The first-order valence-corrected chi connectivity index (χ1v) is 9.27. The highest BCUT2D eigenvalue weighted by Gasteiger charge is 2.31. The molecule has 1 atom stereocenters. The Balaban J connectivity index is 2.37. The van der Waals surface area contributed by atoms with Gasteiger partial charge in [0.25, 0.3) is 0 Å². The van der Waals surface area contributed by atoms with E-state index in [1.807, 2.05) is 0 Å². The standard InChI is InChI=1S/C16H18FNO4S/c1-9(19)22-13-6-4-5-11-12-7-10(17)8-14(23(3,20)21)16(12)18(2)15(11)13/h7-8,13H,4-6H2,1-3H3/t13-/m1/s1. The van der Waals surface area contributed by atoms with Crippen LogP contribution in [0, 0.1) is 5.82 Å². The Bertz CT molecular complexity index is 914. The monoisotopic (exact) mass is 339 g/mol. The largest absolute Gasteiger partial charge is 0.456 e. The van der Waals surface area contributed by atoms with Crippen molar-refractivity contribution in [1.82, 2.24) is 4.57 Å². The zero-order valence-electron chi connectivity index (χ0n) is 13.2. The third-order valence-corrected chi connectivity index (χ3v) is 5.39. The van der Waals surface area contributed by atoms with Gasteiger partial charge in [0, 0.05) is 25.6 Å². The summed E-state index contributed by atoms with van der Waals surface area (Å²) in [5.41, 5.74) is 2.10. The van der Waals surface area contributed by atoms with E-state index < -0.39 is 21.8 Å². The number of carbonyl (C=O) groups is 1. The van der Waals surface area contributed by atoms with Crippen LogP contribution in [0.5, 0.6) is 0 Å². The molecule has 0 amide bonds. The van der Waals surface area contributed by atoms with Gasteiger partial charge < -0.3 is 9.30 Å². The fraction of sp³-hybridized carbons (Fsp3) is 0.438. The number of fused-ring (bicyclic) bond motifs is 3. The number of esters is 1. The van der Waals surface area contributed by atoms with Crippen LogP contribution in [0.2, 0.25) is 0 Å². The molecule has 1 aromatic heterocycles. The predicted octanol–water partition coefficient (Wildman–Crippen LogP) is 2.66. The molecule has 0 saturated heterocycles. The molecule has 0 radical (unpaired) electrons. The second-order valence-corrected chi connectivity index (χ2v) is 7.97. The SMILES string of the molecule is CC(=O)O[C@@H]1CCCc2c1n(C)c1c(S(C)(=O)=O)cc(F)cc21. The maximum atomic E-state index is 14.0. The van der Waals surface area contributed by atoms with Gasteiger partial charge in [-0.15, -0.1) is 0 Å². The lowest BCUT2D eigenvalue weighted by molar-refractivity contribution is -0.147. The second-order valence-electron chi connectivity index (χ2n) is 5.99. The molecule has 1 heterocycles. The van der Waals surface area contributed by atoms with E-state index in [1.165, 1.54) is 13.0 Å². The summed E-state index contributed by atoms with van der Waals surface area (Å²) in [5.74, 6) is -0.969. The lowest BCUT2D eigenvalue weighted by Crippen LogP contribution is -2.17. The summed E-state index contributed by atoms with van der Waals surface area (Å²) in [5, 5.41) is 0.583. The number of carbonyl (C=O) groups excluding carboxylic acids is 1. The van der Waals surface area contributed by atoms with Gasteiger partial charge >= 0.3 is 5.97 Å². The van der Waals surface area contributed by atoms with Crippen LogP contribution in [0.3, 0.4) is 0 Å². The summed E-state index contributed by atoms with van der Waals surface area (Å²) in [4.78, 5) is 11.3. The quantitative estimate of drug-likeness (QED) is 0.789. The third-order valence-electron chi connectivity index (χ3n) is 4.28. The first-order valence-electron chi connectivity index (χ1n) is 7.38. The molecule has 23 heavy (non-hydrogen) atoms. The molecule has 0 aliphatic heterocycles. The van der Waals surface area contributed by atoms with Crippen LogP contribution in [-0.2, 0) is 32.8 Å². The molecule has 1 aliphatic carbocycles. The Morgan fingerprint density at radius 1 is 1.39 bits per heavy atom. The maximum absolute atomic E-state index is 14.0. The number of nitrogens with zero attached hydrogens (tertiary/aromatic N) is 1. The van der Waals surface area contributed by atoms with Gasteiger partial charge in [-0.2, -0.15) is 0 Å². The molecule has 1 aliphatic rings. The van der Waals surface area contributed by atoms with E-state index in [0.717, 1.165) is 30.0 Å². The Morgan fingerprint density at radius 3 is 2.70 bits per heavy atom. The number of hydrogen-bond donors (Lipinski definition) is 0. The zero-order valence-corrected chi connectivity index (χ0v) is 14.0. The summed E-state index contributed by atoms with van der Waals surface area (Å²) in [7, 11) is -1.85. The molecular weight excluding hydrogens is 321 g/mol. The lowest BCUT2D eigenvalue weighted by atomic mass is 9.93. The zero-order chi connectivity index (χ0) is 16.9. The van der Waals surface area contributed by atoms with Gasteiger partial charge in [0.05, 0.1) is 16.1 Å². The first-order chi connectivity index (χ1) is 10.7. The number of halogens is 1. The highest BCUT2D eigenvalue weighted by atomic mass is 32.2. The van der Waals surface area contributed by atoms with Gasteiger partial charge in [-0.1, -0.05) is 0 Å². The summed E-state index contributed by atoms with van der Waals surface area (Å²) >= 11 is 0. The smallest absolute Gasteiger partial charge is 0.303 e. The number of sulfone groups is 1. The van der Waals surface area contributed by atoms with Gasteiger partial charge in [-0.3, -0.25) is 4.79 Å². The van der Waals surface area contributed by atoms with Gasteiger partial charge in [0.1, 0.15) is 11.9 Å². The van der Waals surface area contributed by atoms with Crippen molar-refractivity contribution in [1.29, 1.82) is 0 Å². The van der Waals surface area contributed by atoms with Crippen molar-refractivity contribution in [2.75, 3.05) is 6.26 Å². The number of aromatic nitrogens is 1. The van der Waals surface area contributed by atoms with Gasteiger partial charge in [-0.05, 0) is 37.0 Å². The minimum absolute atomic E-state index is 0.0361. The van der Waals surface area contributed by atoms with Crippen molar-refractivity contribution in [2.24, 2.45) is 7.05 Å². The van der Waals surface area contributed by atoms with Crippen LogP contribution in [0.15, 0.2) is 17.0 Å². The minimum Gasteiger partial charge on any atom is -0.456 e. The van der Waals surface area contributed by atoms with Crippen molar-refractivity contribution in [3.63, 3.8) is 0 Å². The summed E-state index contributed by atoms with van der Waals surface area (Å²) < 4.78 is 45.2. The van der Waals surface area contributed by atoms with E-state index in [4.69, 9.17) is 4.74 Å². The van der Waals surface area contributed by atoms with E-state index >= 15 is 0 Å². The molecule has 0 spiro atoms. The number of benzene rings is 1. The van der Waals surface area contributed by atoms with Gasteiger partial charge in [-0.25, -0.2) is 12.8 Å². The van der Waals surface area contributed by atoms with Gasteiger partial charge in [0.2, 0.25) is 0 Å². The van der Waals surface area contributed by atoms with E-state index in [-0.39, 0.29) is 10.9 Å². The summed E-state index contributed by atoms with van der Waals surface area (Å²) in [6.07, 6.45) is 2.82. The molecule has 7 heteroatoms. The van der Waals surface area contributed by atoms with Crippen LogP contribution < -0.4 is 0 Å². The van der Waals surface area contributed by atoms with Crippen LogP contribution >= 0.6 is 0 Å². The number of rotatable bonds is 2. The Hall–Kier alpha value is -1.89. The second kappa shape index (κ2) is 5.33. The van der Waals surface area contributed by atoms with Crippen LogP contribution in [0.1, 0.15) is 37.1 Å². The first kappa shape index (κ1) is 16.0. The van der Waals surface area contributed by atoms with Crippen molar-refractivity contribution in [3.8, 4) is 0 Å². The maximum Gasteiger partial charge on any atom is 0.303 e. The number of aryl methyl sites for hydroxylation is 2. The molecule has 0 bridgehead atoms. The van der Waals surface area contributed by atoms with Crippen LogP contribution in [0.4, 0.5) is 4.39 Å². The predicted molar refractivity (Wildman–Crippen MR) is 83.4 cm³/mol. The van der Waals surface area contributed by atoms with Crippen molar-refractivity contribution in [2.45, 2.75) is 37.2 Å². The highest BCUT2D eigenvalue weighted by Crippen LogP contribution is 2.40. The van der Waals surface area contributed by atoms with E-state index in [2.05, 4.69) is 0 Å². The molecule has 3 rings (SSSR count). The Kier molecular flexibility index (Phi) is 3.71. The number of hydrogen-bond acceptors (Lipinski definition) is 4. The molecule has 124 valence electrons. The summed E-state index contributed by atoms with van der Waals surface area (Å²) in [6, 6.07) is 2.41. The average molecular weight is 339 g/mol.